The van der Waals surface area contributed by atoms with Crippen molar-refractivity contribution in [3.05, 3.63) is 71.2 Å². The predicted molar refractivity (Wildman–Crippen MR) is 83.6 cm³/mol. The first-order chi connectivity index (χ1) is 10.7. The third kappa shape index (κ3) is 2.89. The molecular formula is C17H17FN4. The van der Waals surface area contributed by atoms with Crippen LogP contribution in [-0.4, -0.2) is 15.0 Å². The van der Waals surface area contributed by atoms with Crippen LogP contribution in [0.4, 0.5) is 4.39 Å². The lowest BCUT2D eigenvalue weighted by Crippen LogP contribution is -2.06. The van der Waals surface area contributed by atoms with Gasteiger partial charge in [0.05, 0.1) is 12.2 Å². The van der Waals surface area contributed by atoms with Gasteiger partial charge in [0, 0.05) is 12.1 Å². The van der Waals surface area contributed by atoms with Crippen molar-refractivity contribution < 1.29 is 4.39 Å². The first-order valence-corrected chi connectivity index (χ1v) is 7.11. The van der Waals surface area contributed by atoms with Crippen LogP contribution in [0.3, 0.4) is 0 Å². The summed E-state index contributed by atoms with van der Waals surface area (Å²) in [6.07, 6.45) is 0. The van der Waals surface area contributed by atoms with Gasteiger partial charge in [-0.05, 0) is 24.6 Å². The Kier molecular flexibility index (Phi) is 3.98. The van der Waals surface area contributed by atoms with Crippen molar-refractivity contribution in [1.29, 1.82) is 0 Å². The monoisotopic (exact) mass is 296 g/mol. The van der Waals surface area contributed by atoms with Crippen molar-refractivity contribution in [3.63, 3.8) is 0 Å². The number of benzene rings is 2. The smallest absolute Gasteiger partial charge is 0.123 e. The summed E-state index contributed by atoms with van der Waals surface area (Å²) in [6, 6.07) is 14.6. The van der Waals surface area contributed by atoms with Gasteiger partial charge < -0.3 is 5.73 Å². The molecule has 112 valence electrons. The third-order valence-corrected chi connectivity index (χ3v) is 3.54. The molecule has 22 heavy (non-hydrogen) atoms. The van der Waals surface area contributed by atoms with Crippen molar-refractivity contribution in [2.75, 3.05) is 0 Å². The van der Waals surface area contributed by atoms with E-state index in [4.69, 9.17) is 5.73 Å². The van der Waals surface area contributed by atoms with E-state index in [0.717, 1.165) is 22.5 Å². The van der Waals surface area contributed by atoms with E-state index < -0.39 is 0 Å². The maximum Gasteiger partial charge on any atom is 0.123 e. The third-order valence-electron chi connectivity index (χ3n) is 3.54. The van der Waals surface area contributed by atoms with E-state index in [2.05, 4.69) is 10.3 Å². The zero-order chi connectivity index (χ0) is 15.5. The largest absolute Gasteiger partial charge is 0.325 e. The molecule has 0 atom stereocenters. The predicted octanol–water partition coefficient (Wildman–Crippen LogP) is 2.90. The quantitative estimate of drug-likeness (QED) is 0.805. The zero-order valence-corrected chi connectivity index (χ0v) is 12.3. The highest BCUT2D eigenvalue weighted by Crippen LogP contribution is 2.23. The Labute approximate surface area is 128 Å². The Morgan fingerprint density at radius 1 is 1.14 bits per heavy atom. The zero-order valence-electron chi connectivity index (χ0n) is 12.3. The summed E-state index contributed by atoms with van der Waals surface area (Å²) < 4.78 is 15.1. The molecule has 0 aliphatic rings. The molecule has 4 nitrogen and oxygen atoms in total. The fourth-order valence-corrected chi connectivity index (χ4v) is 2.43. The van der Waals surface area contributed by atoms with Crippen LogP contribution in [0.15, 0.2) is 48.5 Å². The van der Waals surface area contributed by atoms with Gasteiger partial charge >= 0.3 is 0 Å². The molecule has 2 N–H and O–H groups in total. The molecule has 0 spiro atoms. The van der Waals surface area contributed by atoms with E-state index in [9.17, 15) is 4.39 Å². The molecule has 0 saturated carbocycles. The first-order valence-electron chi connectivity index (χ1n) is 7.11. The fraction of sp³-hybridized carbons (Fsp3) is 0.176. The number of nitrogens with zero attached hydrogens (tertiary/aromatic N) is 3. The second kappa shape index (κ2) is 6.07. The molecule has 0 bridgehead atoms. The summed E-state index contributed by atoms with van der Waals surface area (Å²) in [5.74, 6) is -0.256. The molecule has 3 rings (SSSR count). The molecule has 3 aromatic rings. The normalized spacial score (nSPS) is 10.9. The van der Waals surface area contributed by atoms with Gasteiger partial charge in [-0.3, -0.25) is 0 Å². The summed E-state index contributed by atoms with van der Waals surface area (Å²) >= 11 is 0. The molecule has 2 aromatic carbocycles. The van der Waals surface area contributed by atoms with Gasteiger partial charge in [-0.15, -0.1) is 5.10 Å². The highest BCUT2D eigenvalue weighted by Gasteiger charge is 2.14. The van der Waals surface area contributed by atoms with Crippen LogP contribution < -0.4 is 5.73 Å². The molecule has 0 amide bonds. The molecule has 0 unspecified atom stereocenters. The molecule has 1 aromatic heterocycles. The Morgan fingerprint density at radius 3 is 2.59 bits per heavy atom. The average molecular weight is 296 g/mol. The summed E-state index contributed by atoms with van der Waals surface area (Å²) in [5.41, 5.74) is 10.4. The molecule has 0 aliphatic heterocycles. The summed E-state index contributed by atoms with van der Waals surface area (Å²) in [6.45, 7) is 2.80. The van der Waals surface area contributed by atoms with E-state index in [1.807, 2.05) is 37.3 Å². The van der Waals surface area contributed by atoms with E-state index >= 15 is 0 Å². The van der Waals surface area contributed by atoms with E-state index in [0.29, 0.717) is 13.1 Å². The number of hydrogen-bond acceptors (Lipinski definition) is 3. The number of aromatic nitrogens is 3. The minimum Gasteiger partial charge on any atom is -0.325 e. The van der Waals surface area contributed by atoms with Gasteiger partial charge in [-0.2, -0.15) is 0 Å². The van der Waals surface area contributed by atoms with Crippen LogP contribution in [0.2, 0.25) is 0 Å². The van der Waals surface area contributed by atoms with Gasteiger partial charge in [0.25, 0.3) is 0 Å². The average Bonchev–Trinajstić information content (AvgIpc) is 2.91. The van der Waals surface area contributed by atoms with Crippen LogP contribution in [0, 0.1) is 12.7 Å². The second-order valence-electron chi connectivity index (χ2n) is 5.24. The molecule has 0 aliphatic carbocycles. The summed E-state index contributed by atoms with van der Waals surface area (Å²) in [7, 11) is 0. The van der Waals surface area contributed by atoms with Crippen LogP contribution >= 0.6 is 0 Å². The van der Waals surface area contributed by atoms with Gasteiger partial charge in [0.2, 0.25) is 0 Å². The highest BCUT2D eigenvalue weighted by atomic mass is 19.1. The Balaban J connectivity index is 2.02. The molecule has 0 fully saturated rings. The molecular weight excluding hydrogens is 279 g/mol. The topological polar surface area (TPSA) is 56.7 Å². The van der Waals surface area contributed by atoms with E-state index in [1.165, 1.54) is 17.7 Å². The SMILES string of the molecule is Cc1ccc(-c2c(CN)nnn2Cc2cccc(F)c2)cc1. The van der Waals surface area contributed by atoms with Crippen molar-refractivity contribution in [1.82, 2.24) is 15.0 Å². The van der Waals surface area contributed by atoms with Crippen LogP contribution in [0.25, 0.3) is 11.3 Å². The van der Waals surface area contributed by atoms with Crippen molar-refractivity contribution in [2.24, 2.45) is 5.73 Å². The number of hydrogen-bond donors (Lipinski definition) is 1. The maximum atomic E-state index is 13.3. The van der Waals surface area contributed by atoms with E-state index in [-0.39, 0.29) is 5.82 Å². The lowest BCUT2D eigenvalue weighted by Gasteiger charge is -2.09. The van der Waals surface area contributed by atoms with Gasteiger partial charge in [0.15, 0.2) is 0 Å². The Bertz CT molecular complexity index is 778. The molecule has 0 saturated heterocycles. The van der Waals surface area contributed by atoms with Crippen molar-refractivity contribution in [2.45, 2.75) is 20.0 Å². The Morgan fingerprint density at radius 2 is 1.91 bits per heavy atom. The minimum absolute atomic E-state index is 0.256. The maximum absolute atomic E-state index is 13.3. The van der Waals surface area contributed by atoms with E-state index in [1.54, 1.807) is 10.7 Å². The number of nitrogens with two attached hydrogens (primary N) is 1. The fourth-order valence-electron chi connectivity index (χ4n) is 2.43. The summed E-state index contributed by atoms with van der Waals surface area (Å²) in [5, 5.41) is 8.32. The lowest BCUT2D eigenvalue weighted by atomic mass is 10.1. The molecule has 5 heteroatoms. The van der Waals surface area contributed by atoms with Crippen LogP contribution in [0.1, 0.15) is 16.8 Å². The number of rotatable bonds is 4. The van der Waals surface area contributed by atoms with Crippen LogP contribution in [-0.2, 0) is 13.1 Å². The first kappa shape index (κ1) is 14.4. The standard InChI is InChI=1S/C17H17FN4/c1-12-5-7-14(8-6-12)17-16(10-19)20-21-22(17)11-13-3-2-4-15(18)9-13/h2-9H,10-11,19H2,1H3. The van der Waals surface area contributed by atoms with Crippen molar-refractivity contribution >= 4 is 0 Å². The Hall–Kier alpha value is -2.53. The van der Waals surface area contributed by atoms with Crippen molar-refractivity contribution in [3.8, 4) is 11.3 Å². The highest BCUT2D eigenvalue weighted by molar-refractivity contribution is 5.62. The van der Waals surface area contributed by atoms with Gasteiger partial charge in [-0.1, -0.05) is 47.2 Å². The van der Waals surface area contributed by atoms with Gasteiger partial charge in [-0.25, -0.2) is 9.07 Å². The second-order valence-corrected chi connectivity index (χ2v) is 5.24. The molecule has 1 heterocycles. The number of halogens is 1. The minimum atomic E-state index is -0.256. The number of aryl methyl sites for hydroxylation is 1. The summed E-state index contributed by atoms with van der Waals surface area (Å²) in [4.78, 5) is 0. The lowest BCUT2D eigenvalue weighted by molar-refractivity contribution is 0.615. The van der Waals surface area contributed by atoms with Gasteiger partial charge in [0.1, 0.15) is 11.5 Å². The van der Waals surface area contributed by atoms with Crippen LogP contribution in [0.5, 0.6) is 0 Å². The molecule has 0 radical (unpaired) electrons.